The van der Waals surface area contributed by atoms with E-state index in [0.29, 0.717) is 0 Å². The molecule has 9 heteroatoms. The van der Waals surface area contributed by atoms with Crippen LogP contribution in [0.2, 0.25) is 0 Å². The average Bonchev–Trinajstić information content (AvgIpc) is 2.60. The van der Waals surface area contributed by atoms with Gasteiger partial charge in [-0.2, -0.15) is 0 Å². The second-order valence-electron chi connectivity index (χ2n) is 5.62. The van der Waals surface area contributed by atoms with Crippen LogP contribution in [0.25, 0.3) is 0 Å². The molecule has 0 saturated carbocycles. The van der Waals surface area contributed by atoms with Crippen molar-refractivity contribution < 1.29 is 19.4 Å². The first-order valence-corrected chi connectivity index (χ1v) is 7.63. The lowest BCUT2D eigenvalue weighted by molar-refractivity contribution is -0.393. The van der Waals surface area contributed by atoms with Gasteiger partial charge in [-0.1, -0.05) is 24.3 Å². The lowest BCUT2D eigenvalue weighted by Gasteiger charge is -2.19. The Morgan fingerprint density at radius 2 is 1.81 bits per heavy atom. The molecule has 26 heavy (non-hydrogen) atoms. The molecule has 2 aromatic rings. The summed E-state index contributed by atoms with van der Waals surface area (Å²) >= 11 is 0. The summed E-state index contributed by atoms with van der Waals surface area (Å²) in [5.41, 5.74) is 0.302. The first-order chi connectivity index (χ1) is 12.3. The van der Waals surface area contributed by atoms with Crippen LogP contribution < -0.4 is 5.32 Å². The fourth-order valence-electron chi connectivity index (χ4n) is 2.65. The van der Waals surface area contributed by atoms with E-state index in [-0.39, 0.29) is 17.3 Å². The van der Waals surface area contributed by atoms with E-state index in [1.54, 1.807) is 6.92 Å². The van der Waals surface area contributed by atoms with Gasteiger partial charge in [0.2, 0.25) is 0 Å². The average molecular weight is 359 g/mol. The quantitative estimate of drug-likeness (QED) is 0.473. The molecule has 0 aromatic heterocycles. The second kappa shape index (κ2) is 7.60. The van der Waals surface area contributed by atoms with Crippen molar-refractivity contribution in [1.82, 2.24) is 0 Å². The number of carbonyl (C=O) groups is 1. The minimum atomic E-state index is -0.906. The van der Waals surface area contributed by atoms with Gasteiger partial charge in [0.15, 0.2) is 0 Å². The van der Waals surface area contributed by atoms with Gasteiger partial charge in [-0.15, -0.1) is 0 Å². The smallest absolute Gasteiger partial charge is 0.340 e. The summed E-state index contributed by atoms with van der Waals surface area (Å²) in [6.07, 6.45) is 0. The molecule has 2 rings (SSSR count). The summed E-state index contributed by atoms with van der Waals surface area (Å²) in [5.74, 6) is -0.906. The van der Waals surface area contributed by atoms with Crippen molar-refractivity contribution in [2.75, 3.05) is 12.4 Å². The van der Waals surface area contributed by atoms with Crippen molar-refractivity contribution in [3.63, 3.8) is 0 Å². The van der Waals surface area contributed by atoms with E-state index in [9.17, 15) is 25.0 Å². The Labute approximate surface area is 148 Å². The molecule has 0 spiro atoms. The molecule has 136 valence electrons. The van der Waals surface area contributed by atoms with Gasteiger partial charge >= 0.3 is 5.97 Å². The van der Waals surface area contributed by atoms with Crippen molar-refractivity contribution in [3.05, 3.63) is 73.3 Å². The van der Waals surface area contributed by atoms with E-state index < -0.39 is 27.2 Å². The fraction of sp³-hybridized carbons (Fsp3) is 0.235. The van der Waals surface area contributed by atoms with Gasteiger partial charge in [0.05, 0.1) is 28.6 Å². The molecule has 0 heterocycles. The number of nitro benzene ring substituents is 2. The number of rotatable bonds is 6. The lowest BCUT2D eigenvalue weighted by atomic mass is 10.0. The van der Waals surface area contributed by atoms with Crippen LogP contribution >= 0.6 is 0 Å². The molecule has 1 N–H and O–H groups in total. The van der Waals surface area contributed by atoms with Crippen molar-refractivity contribution in [2.45, 2.75) is 19.9 Å². The van der Waals surface area contributed by atoms with Gasteiger partial charge in [-0.3, -0.25) is 20.2 Å². The summed E-state index contributed by atoms with van der Waals surface area (Å²) < 4.78 is 4.63. The molecule has 0 fully saturated rings. The molecule has 0 amide bonds. The Bertz CT molecular complexity index is 881. The highest BCUT2D eigenvalue weighted by Gasteiger charge is 2.29. The normalized spacial score (nSPS) is 11.5. The molecule has 0 unspecified atom stereocenters. The maximum Gasteiger partial charge on any atom is 0.340 e. The molecular weight excluding hydrogens is 342 g/mol. The van der Waals surface area contributed by atoms with Crippen LogP contribution in [-0.4, -0.2) is 22.9 Å². The Kier molecular flexibility index (Phi) is 5.51. The second-order valence-corrected chi connectivity index (χ2v) is 5.62. The number of aryl methyl sites for hydroxylation is 1. The molecule has 0 aliphatic carbocycles. The number of carbonyl (C=O) groups excluding carboxylic acids is 1. The first-order valence-electron chi connectivity index (χ1n) is 7.63. The standard InChI is InChI=1S/C17H17N3O6/c1-10-6-4-5-7-13(10)11(2)18-16-14(17(21)26-3)8-12(19(22)23)9-15(16)20(24)25/h4-9,11,18H,1-3H3/t11-/m0/s1. The zero-order valence-electron chi connectivity index (χ0n) is 14.4. The predicted octanol–water partition coefficient (Wildman–Crippen LogP) is 3.77. The van der Waals surface area contributed by atoms with Crippen LogP contribution in [0, 0.1) is 27.2 Å². The van der Waals surface area contributed by atoms with Crippen molar-refractivity contribution in [1.29, 1.82) is 0 Å². The number of nitro groups is 2. The van der Waals surface area contributed by atoms with E-state index in [0.717, 1.165) is 30.4 Å². The van der Waals surface area contributed by atoms with Crippen LogP contribution in [0.3, 0.4) is 0 Å². The topological polar surface area (TPSA) is 125 Å². The number of nitrogens with zero attached hydrogens (tertiary/aromatic N) is 2. The van der Waals surface area contributed by atoms with Crippen molar-refractivity contribution in [2.24, 2.45) is 0 Å². The third-order valence-corrected chi connectivity index (χ3v) is 3.93. The van der Waals surface area contributed by atoms with E-state index in [4.69, 9.17) is 0 Å². The zero-order chi connectivity index (χ0) is 19.4. The van der Waals surface area contributed by atoms with Crippen LogP contribution in [0.1, 0.15) is 34.5 Å². The summed E-state index contributed by atoms with van der Waals surface area (Å²) in [5, 5.41) is 25.4. The minimum absolute atomic E-state index is 0.122. The van der Waals surface area contributed by atoms with E-state index in [2.05, 4.69) is 10.1 Å². The largest absolute Gasteiger partial charge is 0.465 e. The first kappa shape index (κ1) is 18.8. The van der Waals surface area contributed by atoms with E-state index >= 15 is 0 Å². The molecule has 0 aliphatic heterocycles. The van der Waals surface area contributed by atoms with Crippen LogP contribution in [0.5, 0.6) is 0 Å². The summed E-state index contributed by atoms with van der Waals surface area (Å²) in [7, 11) is 1.10. The van der Waals surface area contributed by atoms with Crippen LogP contribution in [0.4, 0.5) is 17.1 Å². The Morgan fingerprint density at radius 3 is 2.35 bits per heavy atom. The highest BCUT2D eigenvalue weighted by atomic mass is 16.6. The third-order valence-electron chi connectivity index (χ3n) is 3.93. The van der Waals surface area contributed by atoms with Gasteiger partial charge in [0, 0.05) is 12.1 Å². The van der Waals surface area contributed by atoms with Gasteiger partial charge in [0.1, 0.15) is 5.69 Å². The minimum Gasteiger partial charge on any atom is -0.465 e. The predicted molar refractivity (Wildman–Crippen MR) is 94.3 cm³/mol. The molecular formula is C17H17N3O6. The molecule has 9 nitrogen and oxygen atoms in total. The number of esters is 1. The maximum absolute atomic E-state index is 12.1. The zero-order valence-corrected chi connectivity index (χ0v) is 14.4. The molecule has 0 bridgehead atoms. The Balaban J connectivity index is 2.61. The molecule has 0 saturated heterocycles. The Morgan fingerprint density at radius 1 is 1.15 bits per heavy atom. The van der Waals surface area contributed by atoms with Crippen molar-refractivity contribution in [3.8, 4) is 0 Å². The van der Waals surface area contributed by atoms with E-state index in [1.165, 1.54) is 0 Å². The number of ether oxygens (including phenoxy) is 1. The number of benzene rings is 2. The van der Waals surface area contributed by atoms with Gasteiger partial charge in [-0.25, -0.2) is 4.79 Å². The van der Waals surface area contributed by atoms with Gasteiger partial charge in [-0.05, 0) is 25.0 Å². The number of hydrogen-bond acceptors (Lipinski definition) is 7. The highest BCUT2D eigenvalue weighted by Crippen LogP contribution is 2.36. The molecule has 0 radical (unpaired) electrons. The van der Waals surface area contributed by atoms with Gasteiger partial charge in [0.25, 0.3) is 11.4 Å². The van der Waals surface area contributed by atoms with Crippen LogP contribution in [-0.2, 0) is 4.74 Å². The highest BCUT2D eigenvalue weighted by molar-refractivity contribution is 5.99. The third kappa shape index (κ3) is 3.77. The van der Waals surface area contributed by atoms with Gasteiger partial charge < -0.3 is 10.1 Å². The monoisotopic (exact) mass is 359 g/mol. The molecule has 2 aromatic carbocycles. The summed E-state index contributed by atoms with van der Waals surface area (Å²) in [6.45, 7) is 3.66. The van der Waals surface area contributed by atoms with Crippen molar-refractivity contribution >= 4 is 23.0 Å². The number of anilines is 1. The number of hydrogen-bond donors (Lipinski definition) is 1. The number of nitrogens with one attached hydrogen (secondary N) is 1. The number of non-ortho nitro benzene ring substituents is 1. The molecule has 0 aliphatic rings. The Hall–Kier alpha value is -3.49. The van der Waals surface area contributed by atoms with Crippen LogP contribution in [0.15, 0.2) is 36.4 Å². The lowest BCUT2D eigenvalue weighted by Crippen LogP contribution is -2.15. The molecule has 1 atom stereocenters. The maximum atomic E-state index is 12.1. The summed E-state index contributed by atoms with van der Waals surface area (Å²) in [6, 6.07) is 8.82. The SMILES string of the molecule is COC(=O)c1cc([N+](=O)[O-])cc([N+](=O)[O-])c1N[C@@H](C)c1ccccc1C. The number of methoxy groups -OCH3 is 1. The summed E-state index contributed by atoms with van der Waals surface area (Å²) in [4.78, 5) is 33.0. The van der Waals surface area contributed by atoms with E-state index in [1.807, 2.05) is 31.2 Å². The fourth-order valence-corrected chi connectivity index (χ4v) is 2.65.